The predicted octanol–water partition coefficient (Wildman–Crippen LogP) is 3.39. The molecule has 0 spiro atoms. The molecule has 3 aromatic rings. The van der Waals surface area contributed by atoms with Crippen molar-refractivity contribution >= 4 is 28.7 Å². The van der Waals surface area contributed by atoms with Gasteiger partial charge in [0.25, 0.3) is 0 Å². The molecule has 5 nitrogen and oxygen atoms in total. The third-order valence-electron chi connectivity index (χ3n) is 4.57. The molecule has 0 saturated heterocycles. The molecule has 25 heavy (non-hydrogen) atoms. The highest BCUT2D eigenvalue weighted by atomic mass is 16.2. The van der Waals surface area contributed by atoms with Gasteiger partial charge in [0, 0.05) is 37.6 Å². The van der Waals surface area contributed by atoms with Crippen LogP contribution >= 0.6 is 0 Å². The molecular formula is C20H22N4O. The highest BCUT2D eigenvalue weighted by Crippen LogP contribution is 2.26. The summed E-state index contributed by atoms with van der Waals surface area (Å²) in [5.41, 5.74) is 8.67. The van der Waals surface area contributed by atoms with Crippen LogP contribution < -0.4 is 5.73 Å². The minimum Gasteiger partial charge on any atom is -0.384 e. The predicted molar refractivity (Wildman–Crippen MR) is 102 cm³/mol. The number of carbonyl (C=O) groups is 1. The Labute approximate surface area is 147 Å². The molecule has 0 aliphatic carbocycles. The van der Waals surface area contributed by atoms with Crippen molar-refractivity contribution in [3.8, 4) is 0 Å². The fraction of sp³-hybridized carbons (Fsp3) is 0.200. The number of aromatic nitrogens is 2. The zero-order valence-corrected chi connectivity index (χ0v) is 14.7. The first-order valence-corrected chi connectivity index (χ1v) is 8.18. The molecule has 1 aromatic carbocycles. The van der Waals surface area contributed by atoms with Crippen molar-refractivity contribution in [1.29, 1.82) is 0 Å². The molecule has 2 N–H and O–H groups in total. The maximum Gasteiger partial charge on any atom is 0.246 e. The van der Waals surface area contributed by atoms with E-state index in [0.717, 1.165) is 16.8 Å². The minimum atomic E-state index is -0.0606. The van der Waals surface area contributed by atoms with Crippen LogP contribution in [0.4, 0.5) is 5.82 Å². The van der Waals surface area contributed by atoms with Crippen molar-refractivity contribution in [3.63, 3.8) is 0 Å². The van der Waals surface area contributed by atoms with Gasteiger partial charge in [-0.25, -0.2) is 4.98 Å². The SMILES string of the molecule is CC(c1cc2ccccc2n1C)N(C)C(=O)/C=C/c1ccc(N)nc1. The lowest BCUT2D eigenvalue weighted by atomic mass is 10.2. The highest BCUT2D eigenvalue weighted by Gasteiger charge is 2.19. The van der Waals surface area contributed by atoms with E-state index in [1.54, 1.807) is 29.3 Å². The van der Waals surface area contributed by atoms with Gasteiger partial charge >= 0.3 is 0 Å². The second-order valence-electron chi connectivity index (χ2n) is 6.16. The molecule has 128 valence electrons. The average Bonchev–Trinajstić information content (AvgIpc) is 2.97. The monoisotopic (exact) mass is 334 g/mol. The zero-order valence-electron chi connectivity index (χ0n) is 14.7. The van der Waals surface area contributed by atoms with Crippen molar-refractivity contribution in [2.45, 2.75) is 13.0 Å². The van der Waals surface area contributed by atoms with Crippen LogP contribution in [-0.2, 0) is 11.8 Å². The van der Waals surface area contributed by atoms with Crippen molar-refractivity contribution < 1.29 is 4.79 Å². The summed E-state index contributed by atoms with van der Waals surface area (Å²) in [6.45, 7) is 2.03. The van der Waals surface area contributed by atoms with Gasteiger partial charge in [0.15, 0.2) is 0 Å². The maximum absolute atomic E-state index is 12.5. The third-order valence-corrected chi connectivity index (χ3v) is 4.57. The molecule has 0 aliphatic heterocycles. The van der Waals surface area contributed by atoms with Crippen LogP contribution in [0.3, 0.4) is 0 Å². The summed E-state index contributed by atoms with van der Waals surface area (Å²) >= 11 is 0. The Bertz CT molecular complexity index is 925. The maximum atomic E-state index is 12.5. The number of benzene rings is 1. The first-order valence-electron chi connectivity index (χ1n) is 8.18. The number of hydrogen-bond donors (Lipinski definition) is 1. The van der Waals surface area contributed by atoms with Gasteiger partial charge in [0.1, 0.15) is 5.82 Å². The fourth-order valence-electron chi connectivity index (χ4n) is 2.90. The Morgan fingerprint density at radius 2 is 2.04 bits per heavy atom. The lowest BCUT2D eigenvalue weighted by Gasteiger charge is -2.24. The summed E-state index contributed by atoms with van der Waals surface area (Å²) in [7, 11) is 3.85. The van der Waals surface area contributed by atoms with Crippen molar-refractivity contribution in [2.75, 3.05) is 12.8 Å². The smallest absolute Gasteiger partial charge is 0.246 e. The Kier molecular flexibility index (Phi) is 4.57. The van der Waals surface area contributed by atoms with E-state index in [4.69, 9.17) is 5.73 Å². The van der Waals surface area contributed by atoms with Gasteiger partial charge in [-0.3, -0.25) is 4.79 Å². The number of pyridine rings is 1. The average molecular weight is 334 g/mol. The molecule has 1 atom stereocenters. The number of nitrogens with two attached hydrogens (primary N) is 1. The van der Waals surface area contributed by atoms with Crippen LogP contribution in [0.25, 0.3) is 17.0 Å². The minimum absolute atomic E-state index is 0.0425. The van der Waals surface area contributed by atoms with E-state index >= 15 is 0 Å². The number of nitrogens with zero attached hydrogens (tertiary/aromatic N) is 3. The van der Waals surface area contributed by atoms with E-state index in [-0.39, 0.29) is 11.9 Å². The van der Waals surface area contributed by atoms with E-state index in [1.807, 2.05) is 39.2 Å². The summed E-state index contributed by atoms with van der Waals surface area (Å²) < 4.78 is 2.14. The summed E-state index contributed by atoms with van der Waals surface area (Å²) in [5.74, 6) is 0.402. The summed E-state index contributed by atoms with van der Waals surface area (Å²) in [5, 5.41) is 1.18. The summed E-state index contributed by atoms with van der Waals surface area (Å²) in [6.07, 6.45) is 4.96. The number of nitrogen functional groups attached to an aromatic ring is 1. The Hall–Kier alpha value is -3.08. The fourth-order valence-corrected chi connectivity index (χ4v) is 2.90. The number of likely N-dealkylation sites (N-methyl/N-ethyl adjacent to an activating group) is 1. The summed E-state index contributed by atoms with van der Waals surface area (Å²) in [6, 6.07) is 13.9. The first-order chi connectivity index (χ1) is 12.0. The Balaban J connectivity index is 1.78. The number of fused-ring (bicyclic) bond motifs is 1. The number of amides is 1. The van der Waals surface area contributed by atoms with Crippen LogP contribution in [-0.4, -0.2) is 27.4 Å². The van der Waals surface area contributed by atoms with E-state index in [9.17, 15) is 4.79 Å². The van der Waals surface area contributed by atoms with Gasteiger partial charge in [0.05, 0.1) is 6.04 Å². The second-order valence-corrected chi connectivity index (χ2v) is 6.16. The number of anilines is 1. The van der Waals surface area contributed by atoms with E-state index in [1.165, 1.54) is 5.39 Å². The number of carbonyl (C=O) groups excluding carboxylic acids is 1. The van der Waals surface area contributed by atoms with Gasteiger partial charge in [-0.2, -0.15) is 0 Å². The molecule has 5 heteroatoms. The van der Waals surface area contributed by atoms with Crippen molar-refractivity contribution in [2.24, 2.45) is 7.05 Å². The molecule has 0 fully saturated rings. The number of aryl methyl sites for hydroxylation is 1. The summed E-state index contributed by atoms with van der Waals surface area (Å²) in [4.78, 5) is 18.3. The van der Waals surface area contributed by atoms with Gasteiger partial charge in [-0.05, 0) is 48.2 Å². The number of hydrogen-bond acceptors (Lipinski definition) is 3. The van der Waals surface area contributed by atoms with Gasteiger partial charge in [-0.15, -0.1) is 0 Å². The lowest BCUT2D eigenvalue weighted by Crippen LogP contribution is -2.29. The van der Waals surface area contributed by atoms with Crippen LogP contribution in [0.2, 0.25) is 0 Å². The third kappa shape index (κ3) is 3.40. The van der Waals surface area contributed by atoms with Gasteiger partial charge < -0.3 is 15.2 Å². The molecule has 3 rings (SSSR count). The Morgan fingerprint density at radius 3 is 2.72 bits per heavy atom. The lowest BCUT2D eigenvalue weighted by molar-refractivity contribution is -0.126. The number of rotatable bonds is 4. The molecule has 0 radical (unpaired) electrons. The van der Waals surface area contributed by atoms with E-state index < -0.39 is 0 Å². The highest BCUT2D eigenvalue weighted by molar-refractivity contribution is 5.92. The molecule has 1 amide bonds. The van der Waals surface area contributed by atoms with Crippen molar-refractivity contribution in [1.82, 2.24) is 14.5 Å². The van der Waals surface area contributed by atoms with Crippen LogP contribution in [0.15, 0.2) is 54.7 Å². The number of para-hydroxylation sites is 1. The molecular weight excluding hydrogens is 312 g/mol. The quantitative estimate of drug-likeness (QED) is 0.744. The standard InChI is InChI=1S/C20H22N4O/c1-14(18-12-16-6-4-5-7-17(16)24(18)3)23(2)20(25)11-9-15-8-10-19(21)22-13-15/h4-14H,1-3H3,(H2,21,22)/b11-9+. The van der Waals surface area contributed by atoms with Crippen LogP contribution in [0.1, 0.15) is 24.2 Å². The molecule has 2 aromatic heterocycles. The van der Waals surface area contributed by atoms with Crippen LogP contribution in [0.5, 0.6) is 0 Å². The molecule has 2 heterocycles. The second kappa shape index (κ2) is 6.81. The van der Waals surface area contributed by atoms with Gasteiger partial charge in [0.2, 0.25) is 5.91 Å². The molecule has 0 bridgehead atoms. The molecule has 1 unspecified atom stereocenters. The van der Waals surface area contributed by atoms with E-state index in [2.05, 4.69) is 27.8 Å². The van der Waals surface area contributed by atoms with Crippen molar-refractivity contribution in [3.05, 3.63) is 66.0 Å². The topological polar surface area (TPSA) is 64.2 Å². The zero-order chi connectivity index (χ0) is 18.0. The molecule has 0 aliphatic rings. The normalized spacial score (nSPS) is 12.6. The largest absolute Gasteiger partial charge is 0.384 e. The van der Waals surface area contributed by atoms with Crippen LogP contribution in [0, 0.1) is 0 Å². The van der Waals surface area contributed by atoms with Gasteiger partial charge in [-0.1, -0.05) is 18.2 Å². The van der Waals surface area contributed by atoms with E-state index in [0.29, 0.717) is 5.82 Å². The molecule has 0 saturated carbocycles. The first kappa shape index (κ1) is 16.8. The Morgan fingerprint density at radius 1 is 1.28 bits per heavy atom.